The molecule has 3 unspecified atom stereocenters. The molecule has 0 aromatic heterocycles. The molecular formula is C28H26O8. The maximum Gasteiger partial charge on any atom is 0.336 e. The minimum atomic E-state index is -1.15. The molecule has 0 saturated carbocycles. The van der Waals surface area contributed by atoms with Gasteiger partial charge in [-0.1, -0.05) is 25.1 Å². The Hall–Kier alpha value is -4.20. The molecule has 0 spiro atoms. The SMILES string of the molecule is CCCOc1ccc2c(c1)C(c1ccc(OC)cc1C(=O)O)C(C(=O)O)C2c1ccc2c(c1)OCO2. The first-order valence-electron chi connectivity index (χ1n) is 11.7. The first-order valence-corrected chi connectivity index (χ1v) is 11.7. The highest BCUT2D eigenvalue weighted by Crippen LogP contribution is 2.55. The zero-order chi connectivity index (χ0) is 25.4. The second-order valence-electron chi connectivity index (χ2n) is 8.83. The summed E-state index contributed by atoms with van der Waals surface area (Å²) in [4.78, 5) is 25.1. The number of aromatic carboxylic acids is 1. The highest BCUT2D eigenvalue weighted by molar-refractivity contribution is 5.91. The van der Waals surface area contributed by atoms with Crippen molar-refractivity contribution in [3.05, 3.63) is 82.4 Å². The number of carboxylic acids is 2. The van der Waals surface area contributed by atoms with Gasteiger partial charge in [-0.25, -0.2) is 4.79 Å². The maximum atomic E-state index is 12.9. The summed E-state index contributed by atoms with van der Waals surface area (Å²) in [6.07, 6.45) is 0.819. The van der Waals surface area contributed by atoms with E-state index in [1.54, 1.807) is 18.2 Å². The lowest BCUT2D eigenvalue weighted by Crippen LogP contribution is -2.25. The molecule has 3 aromatic rings. The zero-order valence-electron chi connectivity index (χ0n) is 19.9. The lowest BCUT2D eigenvalue weighted by Gasteiger charge is -2.24. The zero-order valence-corrected chi connectivity index (χ0v) is 19.9. The van der Waals surface area contributed by atoms with Crippen LogP contribution in [0.4, 0.5) is 0 Å². The van der Waals surface area contributed by atoms with E-state index in [0.717, 1.165) is 23.1 Å². The van der Waals surface area contributed by atoms with Gasteiger partial charge in [-0.2, -0.15) is 0 Å². The third-order valence-electron chi connectivity index (χ3n) is 6.79. The van der Waals surface area contributed by atoms with Gasteiger partial charge in [0.05, 0.1) is 25.2 Å². The van der Waals surface area contributed by atoms with Gasteiger partial charge in [-0.3, -0.25) is 4.79 Å². The van der Waals surface area contributed by atoms with E-state index in [-0.39, 0.29) is 12.4 Å². The molecule has 36 heavy (non-hydrogen) atoms. The first kappa shape index (κ1) is 23.5. The Morgan fingerprint density at radius 1 is 0.889 bits per heavy atom. The molecule has 3 aromatic carbocycles. The Morgan fingerprint density at radius 3 is 2.36 bits per heavy atom. The van der Waals surface area contributed by atoms with E-state index in [1.165, 1.54) is 13.2 Å². The van der Waals surface area contributed by atoms with Gasteiger partial charge in [-0.15, -0.1) is 0 Å². The third kappa shape index (κ3) is 3.98. The van der Waals surface area contributed by atoms with Crippen LogP contribution in [0.15, 0.2) is 54.6 Å². The second-order valence-corrected chi connectivity index (χ2v) is 8.83. The molecule has 8 heteroatoms. The number of benzene rings is 3. The number of fused-ring (bicyclic) bond motifs is 2. The Bertz CT molecular complexity index is 1330. The maximum absolute atomic E-state index is 12.9. The van der Waals surface area contributed by atoms with Gasteiger partial charge in [0.25, 0.3) is 0 Å². The molecular weight excluding hydrogens is 464 g/mol. The van der Waals surface area contributed by atoms with Gasteiger partial charge in [0, 0.05) is 11.8 Å². The molecule has 5 rings (SSSR count). The molecule has 186 valence electrons. The van der Waals surface area contributed by atoms with Gasteiger partial charge in [0.15, 0.2) is 11.5 Å². The number of hydrogen-bond donors (Lipinski definition) is 2. The van der Waals surface area contributed by atoms with Gasteiger partial charge in [0.2, 0.25) is 6.79 Å². The monoisotopic (exact) mass is 490 g/mol. The largest absolute Gasteiger partial charge is 0.497 e. The standard InChI is InChI=1S/C28H26O8/c1-3-10-34-17-6-8-18-20(13-17)25(19-7-5-16(33-2)12-21(19)27(29)30)26(28(31)32)24(18)15-4-9-22-23(11-15)36-14-35-22/h4-9,11-13,24-26H,3,10,14H2,1-2H3,(H,29,30)(H,31,32). The molecule has 0 saturated heterocycles. The van der Waals surface area contributed by atoms with E-state index in [0.29, 0.717) is 35.2 Å². The fourth-order valence-corrected chi connectivity index (χ4v) is 5.25. The van der Waals surface area contributed by atoms with Crippen molar-refractivity contribution in [1.82, 2.24) is 0 Å². The molecule has 0 radical (unpaired) electrons. The second kappa shape index (κ2) is 9.45. The number of rotatable bonds is 8. The molecule has 0 fully saturated rings. The summed E-state index contributed by atoms with van der Waals surface area (Å²) < 4.78 is 22.1. The van der Waals surface area contributed by atoms with E-state index < -0.39 is 29.7 Å². The van der Waals surface area contributed by atoms with E-state index in [9.17, 15) is 19.8 Å². The summed E-state index contributed by atoms with van der Waals surface area (Å²) in [5, 5.41) is 20.5. The van der Waals surface area contributed by atoms with Crippen molar-refractivity contribution in [2.24, 2.45) is 5.92 Å². The van der Waals surface area contributed by atoms with Crippen LogP contribution in [0.1, 0.15) is 57.8 Å². The molecule has 3 atom stereocenters. The normalized spacial score (nSPS) is 19.6. The van der Waals surface area contributed by atoms with Crippen LogP contribution in [0.2, 0.25) is 0 Å². The van der Waals surface area contributed by atoms with Gasteiger partial charge >= 0.3 is 11.9 Å². The number of carbonyl (C=O) groups is 2. The Morgan fingerprint density at radius 2 is 1.64 bits per heavy atom. The Balaban J connectivity index is 1.72. The Kier molecular flexibility index (Phi) is 6.18. The average Bonchev–Trinajstić information content (AvgIpc) is 3.48. The van der Waals surface area contributed by atoms with Crippen molar-refractivity contribution in [3.63, 3.8) is 0 Å². The number of methoxy groups -OCH3 is 1. The summed E-state index contributed by atoms with van der Waals surface area (Å²) in [5.74, 6) is -2.26. The topological polar surface area (TPSA) is 112 Å². The smallest absolute Gasteiger partial charge is 0.336 e. The van der Waals surface area contributed by atoms with Crippen LogP contribution in [0.5, 0.6) is 23.0 Å². The molecule has 1 aliphatic heterocycles. The minimum absolute atomic E-state index is 0.00256. The van der Waals surface area contributed by atoms with Crippen molar-refractivity contribution in [2.75, 3.05) is 20.5 Å². The van der Waals surface area contributed by atoms with Gasteiger partial charge < -0.3 is 29.2 Å². The predicted octanol–water partition coefficient (Wildman–Crippen LogP) is 4.89. The fraction of sp³-hybridized carbons (Fsp3) is 0.286. The summed E-state index contributed by atoms with van der Waals surface area (Å²) in [6, 6.07) is 15.7. The van der Waals surface area contributed by atoms with E-state index in [2.05, 4.69) is 0 Å². The van der Waals surface area contributed by atoms with E-state index >= 15 is 0 Å². The van der Waals surface area contributed by atoms with Crippen molar-refractivity contribution in [1.29, 1.82) is 0 Å². The van der Waals surface area contributed by atoms with Crippen LogP contribution in [0, 0.1) is 5.92 Å². The molecule has 8 nitrogen and oxygen atoms in total. The van der Waals surface area contributed by atoms with Gasteiger partial charge in [-0.05, 0) is 65.1 Å². The molecule has 2 N–H and O–H groups in total. The lowest BCUT2D eigenvalue weighted by atomic mass is 9.78. The molecule has 0 amide bonds. The van der Waals surface area contributed by atoms with E-state index in [4.69, 9.17) is 18.9 Å². The van der Waals surface area contributed by atoms with Crippen LogP contribution in [0.25, 0.3) is 0 Å². The van der Waals surface area contributed by atoms with Crippen molar-refractivity contribution in [2.45, 2.75) is 25.2 Å². The molecule has 1 aliphatic carbocycles. The minimum Gasteiger partial charge on any atom is -0.497 e. The molecule has 1 heterocycles. The summed E-state index contributed by atoms with van der Waals surface area (Å²) in [5.41, 5.74) is 2.70. The van der Waals surface area contributed by atoms with Crippen LogP contribution in [0.3, 0.4) is 0 Å². The quantitative estimate of drug-likeness (QED) is 0.459. The van der Waals surface area contributed by atoms with Crippen molar-refractivity contribution < 1.29 is 38.7 Å². The van der Waals surface area contributed by atoms with E-state index in [1.807, 2.05) is 37.3 Å². The number of ether oxygens (including phenoxy) is 4. The average molecular weight is 491 g/mol. The summed E-state index contributed by atoms with van der Waals surface area (Å²) >= 11 is 0. The van der Waals surface area contributed by atoms with Crippen LogP contribution in [-0.2, 0) is 4.79 Å². The highest BCUT2D eigenvalue weighted by Gasteiger charge is 2.48. The van der Waals surface area contributed by atoms with Crippen molar-refractivity contribution in [3.8, 4) is 23.0 Å². The number of hydrogen-bond acceptors (Lipinski definition) is 6. The Labute approximate surface area is 208 Å². The first-order chi connectivity index (χ1) is 17.4. The fourth-order valence-electron chi connectivity index (χ4n) is 5.25. The van der Waals surface area contributed by atoms with Crippen molar-refractivity contribution >= 4 is 11.9 Å². The number of carboxylic acid groups (broad SMARTS) is 2. The van der Waals surface area contributed by atoms with Gasteiger partial charge in [0.1, 0.15) is 11.5 Å². The highest BCUT2D eigenvalue weighted by atomic mass is 16.7. The van der Waals surface area contributed by atoms with Crippen LogP contribution in [-0.4, -0.2) is 42.7 Å². The summed E-state index contributed by atoms with van der Waals surface area (Å²) in [6.45, 7) is 2.63. The lowest BCUT2D eigenvalue weighted by molar-refractivity contribution is -0.142. The van der Waals surface area contributed by atoms with Crippen LogP contribution < -0.4 is 18.9 Å². The molecule has 0 bridgehead atoms. The third-order valence-corrected chi connectivity index (χ3v) is 6.79. The number of aliphatic carboxylic acids is 1. The van der Waals surface area contributed by atoms with Crippen LogP contribution >= 0.6 is 0 Å². The molecule has 2 aliphatic rings. The summed E-state index contributed by atoms with van der Waals surface area (Å²) in [7, 11) is 1.46. The predicted molar refractivity (Wildman–Crippen MR) is 130 cm³/mol.